The molecule has 1 amide bonds. The van der Waals surface area contributed by atoms with Gasteiger partial charge in [0.2, 0.25) is 5.91 Å². The Balaban J connectivity index is 4.93. The van der Waals surface area contributed by atoms with E-state index in [-0.39, 0.29) is 22.9 Å². The number of ketones is 2. The van der Waals surface area contributed by atoms with Gasteiger partial charge in [-0.3, -0.25) is 14.4 Å². The van der Waals surface area contributed by atoms with Gasteiger partial charge >= 0.3 is 0 Å². The van der Waals surface area contributed by atoms with Crippen LogP contribution in [0.15, 0.2) is 0 Å². The highest BCUT2D eigenvalue weighted by atomic mass is 16.2. The molecule has 1 atom stereocenters. The fourth-order valence-corrected chi connectivity index (χ4v) is 2.20. The van der Waals surface area contributed by atoms with Crippen LogP contribution in [0.2, 0.25) is 0 Å². The van der Waals surface area contributed by atoms with Crippen molar-refractivity contribution < 1.29 is 14.4 Å². The van der Waals surface area contributed by atoms with E-state index in [4.69, 9.17) is 0 Å². The number of amides is 1. The molecule has 0 fully saturated rings. The average molecular weight is 340 g/mol. The van der Waals surface area contributed by atoms with E-state index in [0.717, 1.165) is 6.42 Å². The van der Waals surface area contributed by atoms with Crippen LogP contribution in [0.25, 0.3) is 0 Å². The van der Waals surface area contributed by atoms with Crippen molar-refractivity contribution in [2.45, 2.75) is 94.0 Å². The van der Waals surface area contributed by atoms with Crippen LogP contribution >= 0.6 is 0 Å². The molecular formula is C20H37NO3. The lowest BCUT2D eigenvalue weighted by molar-refractivity contribution is -0.133. The summed E-state index contributed by atoms with van der Waals surface area (Å²) in [5, 5.41) is 2.86. The Morgan fingerprint density at radius 3 is 1.67 bits per heavy atom. The zero-order valence-electron chi connectivity index (χ0n) is 17.1. The molecule has 140 valence electrons. The number of hydrogen-bond acceptors (Lipinski definition) is 3. The molecule has 0 radical (unpaired) electrons. The number of carbonyl (C=O) groups excluding carboxylic acids is 3. The minimum absolute atomic E-state index is 0.0201. The van der Waals surface area contributed by atoms with Gasteiger partial charge < -0.3 is 5.32 Å². The normalized spacial score (nSPS) is 14.2. The van der Waals surface area contributed by atoms with Crippen LogP contribution < -0.4 is 5.32 Å². The molecule has 0 bridgehead atoms. The molecule has 1 N–H and O–H groups in total. The first-order chi connectivity index (χ1) is 10.5. The topological polar surface area (TPSA) is 63.2 Å². The minimum atomic E-state index is -0.594. The molecule has 0 aromatic heterocycles. The second-order valence-corrected chi connectivity index (χ2v) is 10.0. The zero-order chi connectivity index (χ0) is 19.3. The van der Waals surface area contributed by atoms with Crippen molar-refractivity contribution in [2.24, 2.45) is 16.2 Å². The molecule has 0 heterocycles. The maximum atomic E-state index is 12.6. The maximum Gasteiger partial charge on any atom is 0.220 e. The lowest BCUT2D eigenvalue weighted by atomic mass is 9.82. The number of Topliss-reactive ketones (excluding diaryl/α,β-unsaturated/α-hetero) is 2. The van der Waals surface area contributed by atoms with E-state index < -0.39 is 16.9 Å². The summed E-state index contributed by atoms with van der Waals surface area (Å²) in [5.74, 6) is -0.0257. The van der Waals surface area contributed by atoms with Gasteiger partial charge in [-0.15, -0.1) is 0 Å². The lowest BCUT2D eigenvalue weighted by Gasteiger charge is -2.27. The summed E-state index contributed by atoms with van der Waals surface area (Å²) in [6, 6.07) is -0.594. The van der Waals surface area contributed by atoms with E-state index in [1.165, 1.54) is 0 Å². The Labute approximate surface area is 148 Å². The average Bonchev–Trinajstić information content (AvgIpc) is 2.36. The van der Waals surface area contributed by atoms with Crippen molar-refractivity contribution in [1.29, 1.82) is 0 Å². The first-order valence-electron chi connectivity index (χ1n) is 8.91. The molecule has 0 aromatic rings. The summed E-state index contributed by atoms with van der Waals surface area (Å²) in [6.07, 6.45) is 1.82. The first-order valence-corrected chi connectivity index (χ1v) is 8.91. The monoisotopic (exact) mass is 339 g/mol. The SMILES string of the molecule is CC(C)(C)CCC(=O)NC(CCC(=O)C(C)(C)C)C(=O)C(C)(C)C. The molecule has 0 saturated carbocycles. The molecule has 0 aliphatic rings. The molecule has 4 nitrogen and oxygen atoms in total. The van der Waals surface area contributed by atoms with Gasteiger partial charge in [-0.1, -0.05) is 62.3 Å². The van der Waals surface area contributed by atoms with Crippen LogP contribution in [0, 0.1) is 16.2 Å². The van der Waals surface area contributed by atoms with Crippen LogP contribution in [0.5, 0.6) is 0 Å². The molecule has 0 aliphatic carbocycles. The standard InChI is InChI=1S/C20H37NO3/c1-18(2,3)13-12-16(23)21-14(17(24)20(7,8)9)10-11-15(22)19(4,5)6/h14H,10-13H2,1-9H3,(H,21,23). The quantitative estimate of drug-likeness (QED) is 0.752. The van der Waals surface area contributed by atoms with Crippen LogP contribution in [-0.4, -0.2) is 23.5 Å². The Hall–Kier alpha value is -1.19. The molecule has 24 heavy (non-hydrogen) atoms. The van der Waals surface area contributed by atoms with Gasteiger partial charge in [0.15, 0.2) is 5.78 Å². The van der Waals surface area contributed by atoms with Gasteiger partial charge in [-0.05, 0) is 18.3 Å². The van der Waals surface area contributed by atoms with Gasteiger partial charge in [0, 0.05) is 23.7 Å². The van der Waals surface area contributed by atoms with E-state index in [0.29, 0.717) is 19.3 Å². The van der Waals surface area contributed by atoms with Gasteiger partial charge in [-0.25, -0.2) is 0 Å². The van der Waals surface area contributed by atoms with Crippen molar-refractivity contribution in [3.8, 4) is 0 Å². The summed E-state index contributed by atoms with van der Waals surface area (Å²) in [7, 11) is 0. The van der Waals surface area contributed by atoms with E-state index >= 15 is 0 Å². The van der Waals surface area contributed by atoms with Gasteiger partial charge in [0.25, 0.3) is 0 Å². The molecule has 4 heteroatoms. The van der Waals surface area contributed by atoms with E-state index in [1.54, 1.807) is 0 Å². The fraction of sp³-hybridized carbons (Fsp3) is 0.850. The third-order valence-corrected chi connectivity index (χ3v) is 3.99. The summed E-state index contributed by atoms with van der Waals surface area (Å²) in [5.41, 5.74) is -0.901. The van der Waals surface area contributed by atoms with Crippen molar-refractivity contribution in [1.82, 2.24) is 5.32 Å². The van der Waals surface area contributed by atoms with Gasteiger partial charge in [0.05, 0.1) is 6.04 Å². The third-order valence-electron chi connectivity index (χ3n) is 3.99. The second kappa shape index (κ2) is 8.26. The van der Waals surface area contributed by atoms with E-state index in [9.17, 15) is 14.4 Å². The molecule has 0 spiro atoms. The highest BCUT2D eigenvalue weighted by Gasteiger charge is 2.32. The van der Waals surface area contributed by atoms with Gasteiger partial charge in [-0.2, -0.15) is 0 Å². The molecular weight excluding hydrogens is 302 g/mol. The first kappa shape index (κ1) is 22.8. The molecule has 1 unspecified atom stereocenters. The Morgan fingerprint density at radius 2 is 1.29 bits per heavy atom. The van der Waals surface area contributed by atoms with Crippen molar-refractivity contribution in [3.63, 3.8) is 0 Å². The summed E-state index contributed by atoms with van der Waals surface area (Å²) >= 11 is 0. The minimum Gasteiger partial charge on any atom is -0.346 e. The van der Waals surface area contributed by atoms with E-state index in [2.05, 4.69) is 26.1 Å². The van der Waals surface area contributed by atoms with Crippen molar-refractivity contribution in [2.75, 3.05) is 0 Å². The maximum absolute atomic E-state index is 12.6. The zero-order valence-corrected chi connectivity index (χ0v) is 17.1. The highest BCUT2D eigenvalue weighted by molar-refractivity contribution is 5.93. The smallest absolute Gasteiger partial charge is 0.220 e. The van der Waals surface area contributed by atoms with Crippen LogP contribution in [0.3, 0.4) is 0 Å². The highest BCUT2D eigenvalue weighted by Crippen LogP contribution is 2.23. The molecule has 0 aliphatic heterocycles. The van der Waals surface area contributed by atoms with Crippen LogP contribution in [0.1, 0.15) is 88.0 Å². The number of rotatable bonds is 7. The lowest BCUT2D eigenvalue weighted by Crippen LogP contribution is -2.46. The second-order valence-electron chi connectivity index (χ2n) is 10.0. The number of hydrogen-bond donors (Lipinski definition) is 1. The summed E-state index contributed by atoms with van der Waals surface area (Å²) < 4.78 is 0. The summed E-state index contributed by atoms with van der Waals surface area (Å²) in [4.78, 5) is 37.0. The molecule has 0 aromatic carbocycles. The predicted octanol–water partition coefficient (Wildman–Crippen LogP) is 4.31. The molecule has 0 saturated heterocycles. The Kier molecular flexibility index (Phi) is 7.85. The third kappa shape index (κ3) is 9.19. The van der Waals surface area contributed by atoms with Crippen LogP contribution in [-0.2, 0) is 14.4 Å². The summed E-state index contributed by atoms with van der Waals surface area (Å²) in [6.45, 7) is 17.4. The van der Waals surface area contributed by atoms with Crippen LogP contribution in [0.4, 0.5) is 0 Å². The van der Waals surface area contributed by atoms with E-state index in [1.807, 2.05) is 41.5 Å². The Bertz CT molecular complexity index is 459. The fourth-order valence-electron chi connectivity index (χ4n) is 2.20. The largest absolute Gasteiger partial charge is 0.346 e. The van der Waals surface area contributed by atoms with Gasteiger partial charge in [0.1, 0.15) is 5.78 Å². The number of carbonyl (C=O) groups is 3. The number of nitrogens with one attached hydrogen (secondary N) is 1. The molecule has 0 rings (SSSR count). The Morgan fingerprint density at radius 1 is 0.792 bits per heavy atom. The van der Waals surface area contributed by atoms with Crippen molar-refractivity contribution >= 4 is 17.5 Å². The van der Waals surface area contributed by atoms with Crippen molar-refractivity contribution in [3.05, 3.63) is 0 Å². The predicted molar refractivity (Wildman–Crippen MR) is 98.8 cm³/mol.